The van der Waals surface area contributed by atoms with Crippen LogP contribution in [0.3, 0.4) is 0 Å². The molecular formula is C20H23N3O5S. The van der Waals surface area contributed by atoms with E-state index >= 15 is 0 Å². The Kier molecular flexibility index (Phi) is 7.79. The van der Waals surface area contributed by atoms with Crippen molar-refractivity contribution in [3.8, 4) is 17.2 Å². The highest BCUT2D eigenvalue weighted by Crippen LogP contribution is 2.38. The second-order valence-corrected chi connectivity index (χ2v) is 6.17. The van der Waals surface area contributed by atoms with E-state index in [-0.39, 0.29) is 16.6 Å². The van der Waals surface area contributed by atoms with Gasteiger partial charge < -0.3 is 24.8 Å². The first-order valence-electron chi connectivity index (χ1n) is 8.74. The van der Waals surface area contributed by atoms with Gasteiger partial charge in [-0.3, -0.25) is 14.9 Å². The van der Waals surface area contributed by atoms with Crippen molar-refractivity contribution < 1.29 is 23.8 Å². The van der Waals surface area contributed by atoms with Crippen LogP contribution in [0.25, 0.3) is 0 Å². The van der Waals surface area contributed by atoms with Gasteiger partial charge in [-0.25, -0.2) is 0 Å². The summed E-state index contributed by atoms with van der Waals surface area (Å²) in [5.41, 5.74) is 1.33. The predicted octanol–water partition coefficient (Wildman–Crippen LogP) is 2.59. The number of anilines is 1. The summed E-state index contributed by atoms with van der Waals surface area (Å²) in [4.78, 5) is 24.5. The van der Waals surface area contributed by atoms with Crippen LogP contribution in [0.2, 0.25) is 0 Å². The Morgan fingerprint density at radius 2 is 1.59 bits per heavy atom. The number of hydrogen-bond donors (Lipinski definition) is 3. The summed E-state index contributed by atoms with van der Waals surface area (Å²) < 4.78 is 15.8. The number of nitrogens with one attached hydrogen (secondary N) is 3. The van der Waals surface area contributed by atoms with Gasteiger partial charge in [0.15, 0.2) is 16.6 Å². The number of carbonyl (C=O) groups excluding carboxylic acids is 2. The molecule has 2 aromatic rings. The van der Waals surface area contributed by atoms with E-state index < -0.39 is 5.91 Å². The van der Waals surface area contributed by atoms with Gasteiger partial charge in [-0.15, -0.1) is 0 Å². The molecule has 0 saturated heterocycles. The Hall–Kier alpha value is -3.33. The van der Waals surface area contributed by atoms with Crippen molar-refractivity contribution in [1.29, 1.82) is 0 Å². The average Bonchev–Trinajstić information content (AvgIpc) is 2.72. The van der Waals surface area contributed by atoms with Gasteiger partial charge in [0.1, 0.15) is 0 Å². The van der Waals surface area contributed by atoms with Gasteiger partial charge in [-0.1, -0.05) is 6.07 Å². The molecule has 0 radical (unpaired) electrons. The van der Waals surface area contributed by atoms with Crippen molar-refractivity contribution >= 4 is 34.8 Å². The third kappa shape index (κ3) is 5.58. The van der Waals surface area contributed by atoms with Gasteiger partial charge in [-0.05, 0) is 49.5 Å². The lowest BCUT2D eigenvalue weighted by Gasteiger charge is -2.15. The summed E-state index contributed by atoms with van der Waals surface area (Å²) in [6, 6.07) is 9.83. The van der Waals surface area contributed by atoms with Crippen molar-refractivity contribution in [2.45, 2.75) is 6.92 Å². The molecule has 9 heteroatoms. The van der Waals surface area contributed by atoms with Crippen LogP contribution in [0.5, 0.6) is 17.2 Å². The van der Waals surface area contributed by atoms with Crippen molar-refractivity contribution in [1.82, 2.24) is 10.6 Å². The van der Waals surface area contributed by atoms with E-state index in [9.17, 15) is 9.59 Å². The monoisotopic (exact) mass is 417 g/mol. The third-order valence-corrected chi connectivity index (χ3v) is 4.08. The fourth-order valence-electron chi connectivity index (χ4n) is 2.55. The number of hydrogen-bond acceptors (Lipinski definition) is 6. The van der Waals surface area contributed by atoms with Crippen LogP contribution in [0, 0.1) is 0 Å². The van der Waals surface area contributed by atoms with Crippen LogP contribution in [-0.2, 0) is 0 Å². The summed E-state index contributed by atoms with van der Waals surface area (Å²) in [5.74, 6) is 0.440. The molecule has 2 aromatic carbocycles. The molecule has 0 fully saturated rings. The highest BCUT2D eigenvalue weighted by atomic mass is 32.1. The minimum absolute atomic E-state index is 0.0804. The first kappa shape index (κ1) is 22.0. The van der Waals surface area contributed by atoms with Gasteiger partial charge in [0, 0.05) is 23.4 Å². The highest BCUT2D eigenvalue weighted by molar-refractivity contribution is 7.80. The fourth-order valence-corrected chi connectivity index (χ4v) is 2.76. The molecule has 0 aromatic heterocycles. The number of thiocarbonyl (C=S) groups is 1. The van der Waals surface area contributed by atoms with Gasteiger partial charge in [-0.2, -0.15) is 0 Å². The van der Waals surface area contributed by atoms with Gasteiger partial charge in [0.05, 0.1) is 21.3 Å². The molecule has 0 aliphatic rings. The van der Waals surface area contributed by atoms with Crippen LogP contribution in [0.4, 0.5) is 5.69 Å². The van der Waals surface area contributed by atoms with Crippen molar-refractivity contribution in [3.63, 3.8) is 0 Å². The Bertz CT molecular complexity index is 892. The van der Waals surface area contributed by atoms with Crippen LogP contribution < -0.4 is 30.2 Å². The second kappa shape index (κ2) is 10.3. The highest BCUT2D eigenvalue weighted by Gasteiger charge is 2.17. The lowest BCUT2D eigenvalue weighted by atomic mass is 10.1. The molecular weight excluding hydrogens is 394 g/mol. The van der Waals surface area contributed by atoms with Crippen LogP contribution >= 0.6 is 12.2 Å². The molecule has 29 heavy (non-hydrogen) atoms. The predicted molar refractivity (Wildman–Crippen MR) is 114 cm³/mol. The van der Waals surface area contributed by atoms with Crippen LogP contribution in [0.15, 0.2) is 36.4 Å². The molecule has 8 nitrogen and oxygen atoms in total. The lowest BCUT2D eigenvalue weighted by Crippen LogP contribution is -2.34. The number of ether oxygens (including phenoxy) is 3. The lowest BCUT2D eigenvalue weighted by molar-refractivity contribution is 0.0953. The molecule has 0 aliphatic heterocycles. The molecule has 0 unspecified atom stereocenters. The number of benzene rings is 2. The zero-order valence-corrected chi connectivity index (χ0v) is 17.4. The Balaban J connectivity index is 2.13. The Morgan fingerprint density at radius 3 is 2.14 bits per heavy atom. The summed E-state index contributed by atoms with van der Waals surface area (Å²) >= 11 is 5.21. The second-order valence-electron chi connectivity index (χ2n) is 5.76. The summed E-state index contributed by atoms with van der Waals surface area (Å²) in [6.45, 7) is 2.37. The zero-order chi connectivity index (χ0) is 21.4. The first-order chi connectivity index (χ1) is 13.9. The van der Waals surface area contributed by atoms with Crippen LogP contribution in [-0.4, -0.2) is 44.8 Å². The summed E-state index contributed by atoms with van der Waals surface area (Å²) in [5, 5.41) is 8.28. The maximum absolute atomic E-state index is 12.6. The Labute approximate surface area is 174 Å². The molecule has 3 N–H and O–H groups in total. The normalized spacial score (nSPS) is 9.93. The largest absolute Gasteiger partial charge is 0.493 e. The number of amides is 2. The summed E-state index contributed by atoms with van der Waals surface area (Å²) in [7, 11) is 4.41. The Morgan fingerprint density at radius 1 is 0.931 bits per heavy atom. The maximum atomic E-state index is 12.6. The van der Waals surface area contributed by atoms with E-state index in [1.165, 1.54) is 33.5 Å². The zero-order valence-electron chi connectivity index (χ0n) is 16.6. The van der Waals surface area contributed by atoms with E-state index in [4.69, 9.17) is 26.4 Å². The molecule has 0 saturated carbocycles. The first-order valence-corrected chi connectivity index (χ1v) is 9.14. The van der Waals surface area contributed by atoms with Gasteiger partial charge in [0.2, 0.25) is 5.75 Å². The number of rotatable bonds is 7. The van der Waals surface area contributed by atoms with Crippen molar-refractivity contribution in [2.24, 2.45) is 0 Å². The molecule has 0 spiro atoms. The SMILES string of the molecule is CCNC(=O)c1cccc(NC(=S)NC(=O)c2cc(OC)c(OC)c(OC)c2)c1. The number of carbonyl (C=O) groups is 2. The van der Waals surface area contributed by atoms with E-state index in [0.29, 0.717) is 35.0 Å². The van der Waals surface area contributed by atoms with E-state index in [1.807, 2.05) is 6.92 Å². The number of methoxy groups -OCH3 is 3. The standard InChI is InChI=1S/C20H23N3O5S/c1-5-21-18(24)12-7-6-8-14(9-12)22-20(29)23-19(25)13-10-15(26-2)17(28-4)16(11-13)27-3/h6-11H,5H2,1-4H3,(H,21,24)(H2,22,23,25,29). The van der Waals surface area contributed by atoms with Crippen LogP contribution in [0.1, 0.15) is 27.6 Å². The molecule has 0 aliphatic carbocycles. The smallest absolute Gasteiger partial charge is 0.257 e. The summed E-state index contributed by atoms with van der Waals surface area (Å²) in [6.07, 6.45) is 0. The topological polar surface area (TPSA) is 97.9 Å². The third-order valence-electron chi connectivity index (χ3n) is 3.87. The fraction of sp³-hybridized carbons (Fsp3) is 0.250. The van der Waals surface area contributed by atoms with E-state index in [0.717, 1.165) is 0 Å². The molecule has 0 atom stereocenters. The molecule has 2 amide bonds. The van der Waals surface area contributed by atoms with E-state index in [2.05, 4.69) is 16.0 Å². The maximum Gasteiger partial charge on any atom is 0.257 e. The molecule has 0 bridgehead atoms. The molecule has 154 valence electrons. The molecule has 2 rings (SSSR count). The molecule has 0 heterocycles. The quantitative estimate of drug-likeness (QED) is 0.596. The average molecular weight is 417 g/mol. The van der Waals surface area contributed by atoms with Crippen molar-refractivity contribution in [2.75, 3.05) is 33.2 Å². The minimum atomic E-state index is -0.457. The minimum Gasteiger partial charge on any atom is -0.493 e. The van der Waals surface area contributed by atoms with Crippen molar-refractivity contribution in [3.05, 3.63) is 47.5 Å². The van der Waals surface area contributed by atoms with Gasteiger partial charge in [0.25, 0.3) is 11.8 Å². The van der Waals surface area contributed by atoms with E-state index in [1.54, 1.807) is 24.3 Å². The van der Waals surface area contributed by atoms with Gasteiger partial charge >= 0.3 is 0 Å².